The molecule has 1 heterocycles. The number of carbonyl (C=O) groups is 1. The number of rotatable bonds is 3. The summed E-state index contributed by atoms with van der Waals surface area (Å²) in [4.78, 5) is 11.6. The van der Waals surface area contributed by atoms with E-state index in [4.69, 9.17) is 4.52 Å². The van der Waals surface area contributed by atoms with Gasteiger partial charge in [-0.05, 0) is 26.7 Å². The predicted molar refractivity (Wildman–Crippen MR) is 62.4 cm³/mol. The van der Waals surface area contributed by atoms with Crippen molar-refractivity contribution in [3.8, 4) is 0 Å². The number of aromatic nitrogens is 1. The van der Waals surface area contributed by atoms with E-state index in [-0.39, 0.29) is 12.1 Å². The molecule has 1 aromatic rings. The number of nitrogens with one attached hydrogen (secondary N) is 2. The number of aryl methyl sites for hydroxylation is 2. The van der Waals surface area contributed by atoms with E-state index >= 15 is 0 Å². The summed E-state index contributed by atoms with van der Waals surface area (Å²) in [5, 5.41) is 9.36. The van der Waals surface area contributed by atoms with Crippen molar-refractivity contribution in [1.29, 1.82) is 0 Å². The van der Waals surface area contributed by atoms with Crippen LogP contribution in [0.1, 0.15) is 32.2 Å². The maximum Gasteiger partial charge on any atom is 0.319 e. The van der Waals surface area contributed by atoms with Gasteiger partial charge in [-0.3, -0.25) is 0 Å². The van der Waals surface area contributed by atoms with E-state index < -0.39 is 0 Å². The lowest BCUT2D eigenvalue weighted by Gasteiger charge is -2.17. The summed E-state index contributed by atoms with van der Waals surface area (Å²) < 4.78 is 4.96. The van der Waals surface area contributed by atoms with Crippen molar-refractivity contribution in [2.24, 2.45) is 5.92 Å². The topological polar surface area (TPSA) is 67.2 Å². The molecule has 1 rings (SSSR count). The van der Waals surface area contributed by atoms with E-state index in [1.807, 2.05) is 6.92 Å². The highest BCUT2D eigenvalue weighted by Gasteiger charge is 2.14. The molecule has 0 unspecified atom stereocenters. The number of anilines is 1. The van der Waals surface area contributed by atoms with Crippen LogP contribution in [-0.4, -0.2) is 17.2 Å². The molecule has 0 fully saturated rings. The maximum atomic E-state index is 11.6. The van der Waals surface area contributed by atoms with Crippen LogP contribution in [0.4, 0.5) is 10.5 Å². The van der Waals surface area contributed by atoms with Crippen LogP contribution < -0.4 is 10.6 Å². The van der Waals surface area contributed by atoms with Crippen LogP contribution in [0, 0.1) is 19.8 Å². The molecular weight excluding hydrogens is 206 g/mol. The smallest absolute Gasteiger partial charge is 0.319 e. The highest BCUT2D eigenvalue weighted by molar-refractivity contribution is 5.90. The number of urea groups is 1. The quantitative estimate of drug-likeness (QED) is 0.830. The molecule has 0 radical (unpaired) electrons. The van der Waals surface area contributed by atoms with E-state index in [2.05, 4.69) is 29.6 Å². The molecule has 16 heavy (non-hydrogen) atoms. The first-order valence-corrected chi connectivity index (χ1v) is 5.42. The Labute approximate surface area is 95.6 Å². The largest absolute Gasteiger partial charge is 0.359 e. The SMILES string of the molecule is Cc1noc(C)c1NC(=O)N[C@H](C)C(C)C. The molecule has 1 aromatic heterocycles. The molecule has 0 aliphatic carbocycles. The Kier molecular flexibility index (Phi) is 3.93. The van der Waals surface area contributed by atoms with E-state index in [0.717, 1.165) is 0 Å². The number of hydrogen-bond donors (Lipinski definition) is 2. The number of hydrogen-bond acceptors (Lipinski definition) is 3. The van der Waals surface area contributed by atoms with Crippen molar-refractivity contribution in [2.75, 3.05) is 5.32 Å². The first kappa shape index (κ1) is 12.5. The third-order valence-corrected chi connectivity index (χ3v) is 2.63. The second-order valence-corrected chi connectivity index (χ2v) is 4.33. The summed E-state index contributed by atoms with van der Waals surface area (Å²) in [6.45, 7) is 9.64. The summed E-state index contributed by atoms with van der Waals surface area (Å²) in [5.74, 6) is 1.01. The third-order valence-electron chi connectivity index (χ3n) is 2.63. The summed E-state index contributed by atoms with van der Waals surface area (Å²) in [7, 11) is 0. The van der Waals surface area contributed by atoms with Crippen molar-refractivity contribution in [1.82, 2.24) is 10.5 Å². The van der Waals surface area contributed by atoms with Gasteiger partial charge in [0.15, 0.2) is 5.76 Å². The Morgan fingerprint density at radius 2 is 1.94 bits per heavy atom. The van der Waals surface area contributed by atoms with E-state index in [0.29, 0.717) is 23.1 Å². The fourth-order valence-electron chi connectivity index (χ4n) is 1.18. The number of carbonyl (C=O) groups excluding carboxylic acids is 1. The highest BCUT2D eigenvalue weighted by atomic mass is 16.5. The summed E-state index contributed by atoms with van der Waals surface area (Å²) in [6, 6.07) is -0.101. The van der Waals surface area contributed by atoms with Gasteiger partial charge in [0.1, 0.15) is 11.4 Å². The van der Waals surface area contributed by atoms with Crippen molar-refractivity contribution in [3.63, 3.8) is 0 Å². The van der Waals surface area contributed by atoms with Crippen LogP contribution in [0.15, 0.2) is 4.52 Å². The molecule has 5 nitrogen and oxygen atoms in total. The van der Waals surface area contributed by atoms with Crippen LogP contribution in [0.5, 0.6) is 0 Å². The Balaban J connectivity index is 2.59. The lowest BCUT2D eigenvalue weighted by Crippen LogP contribution is -2.39. The molecule has 0 spiro atoms. The van der Waals surface area contributed by atoms with Crippen LogP contribution >= 0.6 is 0 Å². The number of amides is 2. The summed E-state index contributed by atoms with van der Waals surface area (Å²) in [5.41, 5.74) is 1.33. The lowest BCUT2D eigenvalue weighted by molar-refractivity contribution is 0.246. The van der Waals surface area contributed by atoms with Gasteiger partial charge in [0.25, 0.3) is 0 Å². The van der Waals surface area contributed by atoms with Gasteiger partial charge in [0.2, 0.25) is 0 Å². The monoisotopic (exact) mass is 225 g/mol. The first-order chi connectivity index (χ1) is 7.41. The second-order valence-electron chi connectivity index (χ2n) is 4.33. The van der Waals surface area contributed by atoms with Gasteiger partial charge in [-0.1, -0.05) is 19.0 Å². The van der Waals surface area contributed by atoms with Gasteiger partial charge in [-0.2, -0.15) is 0 Å². The van der Waals surface area contributed by atoms with Gasteiger partial charge in [-0.25, -0.2) is 4.79 Å². The summed E-state index contributed by atoms with van der Waals surface area (Å²) >= 11 is 0. The molecule has 0 bridgehead atoms. The molecule has 90 valence electrons. The molecule has 0 saturated carbocycles. The zero-order valence-corrected chi connectivity index (χ0v) is 10.4. The Morgan fingerprint density at radius 3 is 2.38 bits per heavy atom. The van der Waals surface area contributed by atoms with Crippen molar-refractivity contribution < 1.29 is 9.32 Å². The zero-order valence-electron chi connectivity index (χ0n) is 10.4. The van der Waals surface area contributed by atoms with Gasteiger partial charge in [0.05, 0.1) is 0 Å². The van der Waals surface area contributed by atoms with Gasteiger partial charge < -0.3 is 15.2 Å². The Morgan fingerprint density at radius 1 is 1.31 bits per heavy atom. The Hall–Kier alpha value is -1.52. The fourth-order valence-corrected chi connectivity index (χ4v) is 1.18. The van der Waals surface area contributed by atoms with Crippen molar-refractivity contribution >= 4 is 11.7 Å². The van der Waals surface area contributed by atoms with Crippen molar-refractivity contribution in [3.05, 3.63) is 11.5 Å². The highest BCUT2D eigenvalue weighted by Crippen LogP contribution is 2.18. The molecule has 0 aliphatic heterocycles. The van der Waals surface area contributed by atoms with Crippen molar-refractivity contribution in [2.45, 2.75) is 40.7 Å². The van der Waals surface area contributed by atoms with Crippen LogP contribution in [0.3, 0.4) is 0 Å². The van der Waals surface area contributed by atoms with Gasteiger partial charge in [0, 0.05) is 6.04 Å². The minimum atomic E-state index is -0.226. The normalized spacial score (nSPS) is 12.6. The maximum absolute atomic E-state index is 11.6. The third kappa shape index (κ3) is 2.98. The molecule has 2 N–H and O–H groups in total. The molecular formula is C11H19N3O2. The van der Waals surface area contributed by atoms with Gasteiger partial charge >= 0.3 is 6.03 Å². The standard InChI is InChI=1S/C11H19N3O2/c1-6(2)7(3)12-11(15)13-10-8(4)14-16-9(10)5/h6-7H,1-5H3,(H2,12,13,15)/t7-/m1/s1. The molecule has 1 atom stereocenters. The Bertz CT molecular complexity index is 352. The molecule has 0 saturated heterocycles. The van der Waals surface area contributed by atoms with Gasteiger partial charge in [-0.15, -0.1) is 0 Å². The molecule has 2 amide bonds. The van der Waals surface area contributed by atoms with E-state index in [9.17, 15) is 4.79 Å². The average molecular weight is 225 g/mol. The van der Waals surface area contributed by atoms with Crippen LogP contribution in [0.25, 0.3) is 0 Å². The first-order valence-electron chi connectivity index (χ1n) is 5.42. The molecule has 5 heteroatoms. The lowest BCUT2D eigenvalue weighted by atomic mass is 10.1. The number of nitrogens with zero attached hydrogens (tertiary/aromatic N) is 1. The molecule has 0 aromatic carbocycles. The van der Waals surface area contributed by atoms with Crippen LogP contribution in [-0.2, 0) is 0 Å². The summed E-state index contributed by atoms with van der Waals surface area (Å²) in [6.07, 6.45) is 0. The molecule has 0 aliphatic rings. The average Bonchev–Trinajstić information content (AvgIpc) is 2.49. The minimum Gasteiger partial charge on any atom is -0.359 e. The second kappa shape index (κ2) is 5.01. The van der Waals surface area contributed by atoms with E-state index in [1.165, 1.54) is 0 Å². The van der Waals surface area contributed by atoms with E-state index in [1.54, 1.807) is 13.8 Å². The minimum absolute atomic E-state index is 0.125. The predicted octanol–water partition coefficient (Wildman–Crippen LogP) is 2.46. The van der Waals surface area contributed by atoms with Crippen LogP contribution in [0.2, 0.25) is 0 Å². The fraction of sp³-hybridized carbons (Fsp3) is 0.636. The zero-order chi connectivity index (χ0) is 12.3.